The van der Waals surface area contributed by atoms with Gasteiger partial charge in [0, 0.05) is 35.6 Å². The van der Waals surface area contributed by atoms with E-state index < -0.39 is 0 Å². The topological polar surface area (TPSA) is 56.8 Å². The smallest absolute Gasteiger partial charge is 0.251 e. The Morgan fingerprint density at radius 1 is 1.20 bits per heavy atom. The van der Waals surface area contributed by atoms with E-state index in [0.29, 0.717) is 23.6 Å². The maximum absolute atomic E-state index is 12.6. The lowest BCUT2D eigenvalue weighted by molar-refractivity contribution is 0.0499. The highest BCUT2D eigenvalue weighted by atomic mass is 32.1. The molecule has 2 aromatic rings. The van der Waals surface area contributed by atoms with E-state index in [9.17, 15) is 4.79 Å². The van der Waals surface area contributed by atoms with E-state index in [0.717, 1.165) is 26.1 Å². The third kappa shape index (κ3) is 3.80. The van der Waals surface area contributed by atoms with E-state index in [1.54, 1.807) is 43.8 Å². The van der Waals surface area contributed by atoms with Crippen molar-refractivity contribution in [3.63, 3.8) is 0 Å². The summed E-state index contributed by atoms with van der Waals surface area (Å²) >= 11 is 1.74. The zero-order valence-corrected chi connectivity index (χ0v) is 15.4. The number of thiophene rings is 1. The molecule has 1 fully saturated rings. The minimum atomic E-state index is -0.108. The summed E-state index contributed by atoms with van der Waals surface area (Å²) in [6, 6.07) is 9.41. The predicted octanol–water partition coefficient (Wildman–Crippen LogP) is 3.24. The number of ether oxygens (including phenoxy) is 3. The average molecular weight is 361 g/mol. The summed E-state index contributed by atoms with van der Waals surface area (Å²) in [6.07, 6.45) is 1.83. The summed E-state index contributed by atoms with van der Waals surface area (Å²) in [6.45, 7) is 2.05. The van der Waals surface area contributed by atoms with Gasteiger partial charge in [-0.05, 0) is 42.5 Å². The average Bonchev–Trinajstić information content (AvgIpc) is 3.21. The van der Waals surface area contributed by atoms with E-state index >= 15 is 0 Å². The first-order valence-electron chi connectivity index (χ1n) is 8.30. The number of benzene rings is 1. The summed E-state index contributed by atoms with van der Waals surface area (Å²) in [5.74, 6) is 1.05. The van der Waals surface area contributed by atoms with Crippen LogP contribution in [0.5, 0.6) is 11.5 Å². The second kappa shape index (κ2) is 7.89. The molecule has 1 aromatic heterocycles. The molecule has 134 valence electrons. The lowest BCUT2D eigenvalue weighted by atomic mass is 9.78. The van der Waals surface area contributed by atoms with Crippen molar-refractivity contribution in [1.29, 1.82) is 0 Å². The van der Waals surface area contributed by atoms with Gasteiger partial charge in [-0.3, -0.25) is 4.79 Å². The molecule has 5 nitrogen and oxygen atoms in total. The van der Waals surface area contributed by atoms with E-state index in [-0.39, 0.29) is 11.3 Å². The normalized spacial score (nSPS) is 16.2. The number of rotatable bonds is 6. The molecule has 0 saturated carbocycles. The predicted molar refractivity (Wildman–Crippen MR) is 97.9 cm³/mol. The number of amides is 1. The Morgan fingerprint density at radius 3 is 2.60 bits per heavy atom. The molecule has 0 aliphatic carbocycles. The van der Waals surface area contributed by atoms with Crippen LogP contribution in [0.4, 0.5) is 0 Å². The Morgan fingerprint density at radius 2 is 1.96 bits per heavy atom. The number of methoxy groups -OCH3 is 2. The molecule has 3 rings (SSSR count). The Labute approximate surface area is 151 Å². The highest BCUT2D eigenvalue weighted by molar-refractivity contribution is 7.10. The maximum atomic E-state index is 12.6. The molecule has 1 N–H and O–H groups in total. The van der Waals surface area contributed by atoms with E-state index in [4.69, 9.17) is 14.2 Å². The first-order valence-corrected chi connectivity index (χ1v) is 9.18. The standard InChI is InChI=1S/C19H23NO4S/c1-22-15-6-5-14(12-16(15)23-2)18(21)20-13-19(7-9-24-10-8-19)17-4-3-11-25-17/h3-6,11-12H,7-10,13H2,1-2H3,(H,20,21). The van der Waals surface area contributed by atoms with Gasteiger partial charge in [0.25, 0.3) is 5.91 Å². The molecule has 0 unspecified atom stereocenters. The van der Waals surface area contributed by atoms with Gasteiger partial charge in [-0.1, -0.05) is 6.07 Å². The molecule has 0 radical (unpaired) electrons. The first-order chi connectivity index (χ1) is 12.2. The SMILES string of the molecule is COc1ccc(C(=O)NCC2(c3cccs3)CCOCC2)cc1OC. The zero-order valence-electron chi connectivity index (χ0n) is 14.5. The molecule has 1 saturated heterocycles. The third-order valence-corrected chi connectivity index (χ3v) is 5.84. The summed E-state index contributed by atoms with van der Waals surface area (Å²) in [5, 5.41) is 5.19. The van der Waals surface area contributed by atoms with E-state index in [2.05, 4.69) is 22.8 Å². The molecule has 0 atom stereocenters. The lowest BCUT2D eigenvalue weighted by Gasteiger charge is -2.36. The fourth-order valence-corrected chi connectivity index (χ4v) is 4.17. The fraction of sp³-hybridized carbons (Fsp3) is 0.421. The fourth-order valence-electron chi connectivity index (χ4n) is 3.18. The molecule has 25 heavy (non-hydrogen) atoms. The third-order valence-electron chi connectivity index (χ3n) is 4.73. The van der Waals surface area contributed by atoms with Crippen molar-refractivity contribution in [2.75, 3.05) is 34.0 Å². The highest BCUT2D eigenvalue weighted by Crippen LogP contribution is 2.37. The lowest BCUT2D eigenvalue weighted by Crippen LogP contribution is -2.44. The van der Waals surface area contributed by atoms with Crippen molar-refractivity contribution in [2.45, 2.75) is 18.3 Å². The molecule has 0 spiro atoms. The summed E-state index contributed by atoms with van der Waals surface area (Å²) in [5.41, 5.74) is 0.518. The summed E-state index contributed by atoms with van der Waals surface area (Å²) in [4.78, 5) is 13.9. The van der Waals surface area contributed by atoms with E-state index in [1.807, 2.05) is 0 Å². The minimum Gasteiger partial charge on any atom is -0.493 e. The van der Waals surface area contributed by atoms with Crippen LogP contribution in [0, 0.1) is 0 Å². The van der Waals surface area contributed by atoms with Crippen LogP contribution in [0.25, 0.3) is 0 Å². The van der Waals surface area contributed by atoms with Crippen LogP contribution in [0.1, 0.15) is 28.1 Å². The van der Waals surface area contributed by atoms with Crippen molar-refractivity contribution in [3.8, 4) is 11.5 Å². The quantitative estimate of drug-likeness (QED) is 0.858. The Bertz CT molecular complexity index is 708. The Balaban J connectivity index is 1.74. The van der Waals surface area contributed by atoms with Gasteiger partial charge in [0.05, 0.1) is 14.2 Å². The first kappa shape index (κ1) is 17.8. The molecule has 0 bridgehead atoms. The molecule has 1 aliphatic heterocycles. The number of carbonyl (C=O) groups is 1. The van der Waals surface area contributed by atoms with Gasteiger partial charge in [-0.25, -0.2) is 0 Å². The van der Waals surface area contributed by atoms with Crippen LogP contribution in [-0.4, -0.2) is 39.9 Å². The second-order valence-corrected chi connectivity index (χ2v) is 7.07. The maximum Gasteiger partial charge on any atom is 0.251 e. The summed E-state index contributed by atoms with van der Waals surface area (Å²) < 4.78 is 16.0. The van der Waals surface area contributed by atoms with Gasteiger partial charge >= 0.3 is 0 Å². The number of hydrogen-bond donors (Lipinski definition) is 1. The Hall–Kier alpha value is -2.05. The van der Waals surface area contributed by atoms with E-state index in [1.165, 1.54) is 4.88 Å². The van der Waals surface area contributed by atoms with Crippen molar-refractivity contribution < 1.29 is 19.0 Å². The highest BCUT2D eigenvalue weighted by Gasteiger charge is 2.35. The van der Waals surface area contributed by atoms with Crippen LogP contribution >= 0.6 is 11.3 Å². The van der Waals surface area contributed by atoms with Crippen molar-refractivity contribution >= 4 is 17.2 Å². The minimum absolute atomic E-state index is 0.0430. The number of hydrogen-bond acceptors (Lipinski definition) is 5. The van der Waals surface area contributed by atoms with Crippen LogP contribution in [0.3, 0.4) is 0 Å². The van der Waals surface area contributed by atoms with Crippen molar-refractivity contribution in [2.24, 2.45) is 0 Å². The van der Waals surface area contributed by atoms with Gasteiger partial charge < -0.3 is 19.5 Å². The van der Waals surface area contributed by atoms with Crippen molar-refractivity contribution in [1.82, 2.24) is 5.32 Å². The number of nitrogens with one attached hydrogen (secondary N) is 1. The van der Waals surface area contributed by atoms with Gasteiger partial charge in [0.1, 0.15) is 0 Å². The largest absolute Gasteiger partial charge is 0.493 e. The number of carbonyl (C=O) groups excluding carboxylic acids is 1. The molecular weight excluding hydrogens is 338 g/mol. The van der Waals surface area contributed by atoms with Crippen LogP contribution in [0.15, 0.2) is 35.7 Å². The van der Waals surface area contributed by atoms with Crippen molar-refractivity contribution in [3.05, 3.63) is 46.2 Å². The van der Waals surface area contributed by atoms with Crippen LogP contribution < -0.4 is 14.8 Å². The van der Waals surface area contributed by atoms with Crippen LogP contribution in [0.2, 0.25) is 0 Å². The molecular formula is C19H23NO4S. The van der Waals surface area contributed by atoms with Gasteiger partial charge in [0.2, 0.25) is 0 Å². The van der Waals surface area contributed by atoms with Gasteiger partial charge in [0.15, 0.2) is 11.5 Å². The Kier molecular flexibility index (Phi) is 5.60. The monoisotopic (exact) mass is 361 g/mol. The van der Waals surface area contributed by atoms with Gasteiger partial charge in [-0.15, -0.1) is 11.3 Å². The molecule has 1 amide bonds. The summed E-state index contributed by atoms with van der Waals surface area (Å²) in [7, 11) is 3.14. The molecule has 6 heteroatoms. The van der Waals surface area contributed by atoms with Gasteiger partial charge in [-0.2, -0.15) is 0 Å². The molecule has 1 aromatic carbocycles. The van der Waals surface area contributed by atoms with Crippen LogP contribution in [-0.2, 0) is 10.2 Å². The molecule has 2 heterocycles. The second-order valence-electron chi connectivity index (χ2n) is 6.12. The zero-order chi connectivity index (χ0) is 17.7. The molecule has 1 aliphatic rings.